The lowest BCUT2D eigenvalue weighted by Gasteiger charge is -2.43. The maximum absolute atomic E-state index is 13.1. The van der Waals surface area contributed by atoms with E-state index >= 15 is 0 Å². The SMILES string of the molecule is CCN(CCN(C)CC(=O)N1CCN(C2CCC2)CC1)c1cnc(-c2ccc(F)cc2)cn1. The number of rotatable bonds is 9. The molecular formula is C25H35FN6O. The second-order valence-corrected chi connectivity index (χ2v) is 9.09. The molecular weight excluding hydrogens is 419 g/mol. The fraction of sp³-hybridized carbons (Fsp3) is 0.560. The molecule has 1 aliphatic heterocycles. The van der Waals surface area contributed by atoms with E-state index in [-0.39, 0.29) is 11.7 Å². The first-order chi connectivity index (χ1) is 16.0. The van der Waals surface area contributed by atoms with E-state index in [1.165, 1.54) is 31.4 Å². The van der Waals surface area contributed by atoms with Gasteiger partial charge in [-0.05, 0) is 51.1 Å². The predicted molar refractivity (Wildman–Crippen MR) is 129 cm³/mol. The third-order valence-corrected chi connectivity index (χ3v) is 6.90. The van der Waals surface area contributed by atoms with Crippen LogP contribution in [0.2, 0.25) is 0 Å². The van der Waals surface area contributed by atoms with Crippen molar-refractivity contribution in [2.45, 2.75) is 32.2 Å². The quantitative estimate of drug-likeness (QED) is 0.581. The molecule has 2 aromatic rings. The van der Waals surface area contributed by atoms with Crippen molar-refractivity contribution in [2.24, 2.45) is 0 Å². The molecule has 1 aromatic carbocycles. The second kappa shape index (κ2) is 11.0. The molecule has 2 fully saturated rings. The number of benzene rings is 1. The molecule has 0 atom stereocenters. The maximum atomic E-state index is 13.1. The van der Waals surface area contributed by atoms with Crippen LogP contribution in [0.1, 0.15) is 26.2 Å². The van der Waals surface area contributed by atoms with Crippen LogP contribution in [0, 0.1) is 5.82 Å². The van der Waals surface area contributed by atoms with Crippen molar-refractivity contribution in [2.75, 3.05) is 64.3 Å². The van der Waals surface area contributed by atoms with Gasteiger partial charge >= 0.3 is 0 Å². The van der Waals surface area contributed by atoms with E-state index in [1.54, 1.807) is 24.5 Å². The molecule has 1 saturated carbocycles. The van der Waals surface area contributed by atoms with Crippen LogP contribution < -0.4 is 4.90 Å². The summed E-state index contributed by atoms with van der Waals surface area (Å²) in [6, 6.07) is 7.02. The Balaban J connectivity index is 1.23. The van der Waals surface area contributed by atoms with Crippen LogP contribution in [0.3, 0.4) is 0 Å². The number of likely N-dealkylation sites (N-methyl/N-ethyl adjacent to an activating group) is 2. The molecule has 2 heterocycles. The van der Waals surface area contributed by atoms with Gasteiger partial charge in [0, 0.05) is 57.4 Å². The van der Waals surface area contributed by atoms with Crippen molar-refractivity contribution < 1.29 is 9.18 Å². The van der Waals surface area contributed by atoms with E-state index in [2.05, 4.69) is 31.6 Å². The van der Waals surface area contributed by atoms with Crippen LogP contribution in [-0.2, 0) is 4.79 Å². The van der Waals surface area contributed by atoms with Crippen molar-refractivity contribution >= 4 is 11.7 Å². The summed E-state index contributed by atoms with van der Waals surface area (Å²) >= 11 is 0. The lowest BCUT2D eigenvalue weighted by Crippen LogP contribution is -2.55. The molecule has 1 saturated heterocycles. The zero-order chi connectivity index (χ0) is 23.2. The van der Waals surface area contributed by atoms with Crippen molar-refractivity contribution in [3.63, 3.8) is 0 Å². The minimum Gasteiger partial charge on any atom is -0.354 e. The van der Waals surface area contributed by atoms with Gasteiger partial charge in [-0.1, -0.05) is 6.42 Å². The largest absolute Gasteiger partial charge is 0.354 e. The van der Waals surface area contributed by atoms with Crippen molar-refractivity contribution in [3.05, 3.63) is 42.5 Å². The molecule has 0 unspecified atom stereocenters. The highest BCUT2D eigenvalue weighted by molar-refractivity contribution is 5.78. The highest BCUT2D eigenvalue weighted by atomic mass is 19.1. The van der Waals surface area contributed by atoms with E-state index in [9.17, 15) is 9.18 Å². The number of halogens is 1. The monoisotopic (exact) mass is 454 g/mol. The van der Waals surface area contributed by atoms with Crippen LogP contribution in [0.5, 0.6) is 0 Å². The van der Waals surface area contributed by atoms with Gasteiger partial charge in [0.15, 0.2) is 0 Å². The zero-order valence-electron chi connectivity index (χ0n) is 19.8. The third-order valence-electron chi connectivity index (χ3n) is 6.90. The van der Waals surface area contributed by atoms with Crippen molar-refractivity contribution in [1.29, 1.82) is 0 Å². The lowest BCUT2D eigenvalue weighted by molar-refractivity contribution is -0.134. The van der Waals surface area contributed by atoms with Gasteiger partial charge in [0.2, 0.25) is 5.91 Å². The van der Waals surface area contributed by atoms with E-state index in [4.69, 9.17) is 0 Å². The van der Waals surface area contributed by atoms with Gasteiger partial charge in [0.05, 0.1) is 24.6 Å². The summed E-state index contributed by atoms with van der Waals surface area (Å²) in [7, 11) is 2.00. The average Bonchev–Trinajstić information content (AvgIpc) is 2.80. The number of aromatic nitrogens is 2. The van der Waals surface area contributed by atoms with Crippen molar-refractivity contribution in [1.82, 2.24) is 24.7 Å². The van der Waals surface area contributed by atoms with E-state index in [1.807, 2.05) is 11.9 Å². The van der Waals surface area contributed by atoms with Gasteiger partial charge in [0.1, 0.15) is 11.6 Å². The molecule has 1 amide bonds. The normalized spacial score (nSPS) is 17.3. The molecule has 4 rings (SSSR count). The van der Waals surface area contributed by atoms with Crippen LogP contribution in [0.4, 0.5) is 10.2 Å². The number of amides is 1. The molecule has 7 nitrogen and oxygen atoms in total. The Morgan fingerprint density at radius 1 is 1.06 bits per heavy atom. The maximum Gasteiger partial charge on any atom is 0.236 e. The highest BCUT2D eigenvalue weighted by Gasteiger charge is 2.29. The Bertz CT molecular complexity index is 894. The van der Waals surface area contributed by atoms with E-state index in [0.717, 1.165) is 68.9 Å². The Labute approximate surface area is 196 Å². The van der Waals surface area contributed by atoms with Gasteiger partial charge in [-0.25, -0.2) is 9.37 Å². The average molecular weight is 455 g/mol. The van der Waals surface area contributed by atoms with Gasteiger partial charge in [-0.15, -0.1) is 0 Å². The minimum atomic E-state index is -0.265. The molecule has 0 bridgehead atoms. The highest BCUT2D eigenvalue weighted by Crippen LogP contribution is 2.25. The summed E-state index contributed by atoms with van der Waals surface area (Å²) < 4.78 is 13.1. The number of anilines is 1. The van der Waals surface area contributed by atoms with Crippen molar-refractivity contribution in [3.8, 4) is 11.3 Å². The first-order valence-electron chi connectivity index (χ1n) is 12.1. The first-order valence-corrected chi connectivity index (χ1v) is 12.1. The standard InChI is InChI=1S/C25H35FN6O/c1-3-30(24-18-27-23(17-28-24)20-7-9-21(26)10-8-20)12-11-29(2)19-25(33)32-15-13-31(14-16-32)22-5-4-6-22/h7-10,17-18,22H,3-6,11-16,19H2,1-2H3. The smallest absolute Gasteiger partial charge is 0.236 e. The Kier molecular flexibility index (Phi) is 7.88. The Hall–Kier alpha value is -2.58. The number of nitrogens with zero attached hydrogens (tertiary/aromatic N) is 6. The molecule has 0 spiro atoms. The summed E-state index contributed by atoms with van der Waals surface area (Å²) in [6.45, 7) is 8.57. The zero-order valence-corrected chi connectivity index (χ0v) is 19.8. The Morgan fingerprint density at radius 2 is 1.79 bits per heavy atom. The molecule has 33 heavy (non-hydrogen) atoms. The van der Waals surface area contributed by atoms with Crippen LogP contribution in [0.25, 0.3) is 11.3 Å². The number of carbonyl (C=O) groups is 1. The van der Waals surface area contributed by atoms with Crippen LogP contribution in [-0.4, -0.2) is 96.0 Å². The van der Waals surface area contributed by atoms with Gasteiger partial charge in [0.25, 0.3) is 0 Å². The summed E-state index contributed by atoms with van der Waals surface area (Å²) in [6.07, 6.45) is 7.48. The van der Waals surface area contributed by atoms with Gasteiger partial charge in [-0.3, -0.25) is 19.6 Å². The molecule has 0 N–H and O–H groups in total. The number of hydrogen-bond donors (Lipinski definition) is 0. The lowest BCUT2D eigenvalue weighted by atomic mass is 9.91. The second-order valence-electron chi connectivity index (χ2n) is 9.09. The molecule has 2 aliphatic rings. The van der Waals surface area contributed by atoms with E-state index in [0.29, 0.717) is 6.54 Å². The van der Waals surface area contributed by atoms with Gasteiger partial charge in [-0.2, -0.15) is 0 Å². The van der Waals surface area contributed by atoms with E-state index < -0.39 is 0 Å². The number of hydrogen-bond acceptors (Lipinski definition) is 6. The topological polar surface area (TPSA) is 55.8 Å². The summed E-state index contributed by atoms with van der Waals surface area (Å²) in [5.41, 5.74) is 1.56. The molecule has 8 heteroatoms. The molecule has 178 valence electrons. The third kappa shape index (κ3) is 6.06. The van der Waals surface area contributed by atoms with Gasteiger partial charge < -0.3 is 9.80 Å². The summed E-state index contributed by atoms with van der Waals surface area (Å²) in [5, 5.41) is 0. The van der Waals surface area contributed by atoms with Crippen LogP contribution in [0.15, 0.2) is 36.7 Å². The molecule has 1 aliphatic carbocycles. The minimum absolute atomic E-state index is 0.220. The summed E-state index contributed by atoms with van der Waals surface area (Å²) in [5.74, 6) is 0.756. The summed E-state index contributed by atoms with van der Waals surface area (Å²) in [4.78, 5) is 30.6. The van der Waals surface area contributed by atoms with Crippen LogP contribution >= 0.6 is 0 Å². The Morgan fingerprint density at radius 3 is 2.36 bits per heavy atom. The number of piperazine rings is 1. The fourth-order valence-corrected chi connectivity index (χ4v) is 4.48. The molecule has 1 aromatic heterocycles. The first kappa shape index (κ1) is 23.6. The predicted octanol–water partition coefficient (Wildman–Crippen LogP) is 2.74. The fourth-order valence-electron chi connectivity index (χ4n) is 4.48. The molecule has 0 radical (unpaired) electrons. The number of carbonyl (C=O) groups excluding carboxylic acids is 1.